The fourth-order valence-corrected chi connectivity index (χ4v) is 4.29. The van der Waals surface area contributed by atoms with Gasteiger partial charge in [0.1, 0.15) is 5.75 Å². The zero-order valence-electron chi connectivity index (χ0n) is 16.2. The Kier molecular flexibility index (Phi) is 7.36. The van der Waals surface area contributed by atoms with Crippen LogP contribution in [0.5, 0.6) is 5.75 Å². The Labute approximate surface area is 170 Å². The molecule has 9 nitrogen and oxygen atoms in total. The van der Waals surface area contributed by atoms with E-state index in [1.54, 1.807) is 12.1 Å². The summed E-state index contributed by atoms with van der Waals surface area (Å²) in [6, 6.07) is 10.7. The van der Waals surface area contributed by atoms with Crippen LogP contribution >= 0.6 is 0 Å². The molecule has 0 aliphatic rings. The van der Waals surface area contributed by atoms with Gasteiger partial charge < -0.3 is 10.1 Å². The maximum absolute atomic E-state index is 12.4. The molecule has 0 heterocycles. The number of hydrogen-bond acceptors (Lipinski definition) is 6. The molecule has 0 unspecified atom stereocenters. The van der Waals surface area contributed by atoms with Gasteiger partial charge in [0.05, 0.1) is 22.9 Å². The minimum absolute atomic E-state index is 0.0132. The van der Waals surface area contributed by atoms with Crippen molar-refractivity contribution in [2.24, 2.45) is 0 Å². The lowest BCUT2D eigenvalue weighted by molar-refractivity contribution is -0.122. The van der Waals surface area contributed by atoms with Crippen LogP contribution < -0.4 is 19.5 Å². The monoisotopic (exact) mass is 441 g/mol. The molecule has 0 fully saturated rings. The van der Waals surface area contributed by atoms with Crippen LogP contribution in [0.3, 0.4) is 0 Å². The molecule has 0 saturated heterocycles. The second-order valence-electron chi connectivity index (χ2n) is 6.09. The molecule has 2 aromatic rings. The molecule has 1 amide bonds. The van der Waals surface area contributed by atoms with Crippen LogP contribution in [0.1, 0.15) is 12.5 Å². The molecule has 158 valence electrons. The smallest absolute Gasteiger partial charge is 0.241 e. The molecule has 1 atom stereocenters. The molecule has 0 aliphatic heterocycles. The number of benzene rings is 2. The summed E-state index contributed by atoms with van der Waals surface area (Å²) in [5, 5.41) is 2.61. The van der Waals surface area contributed by atoms with Crippen LogP contribution in [0.15, 0.2) is 58.3 Å². The Morgan fingerprint density at radius 3 is 1.97 bits per heavy atom. The first-order chi connectivity index (χ1) is 13.6. The number of carbonyl (C=O) groups is 1. The lowest BCUT2D eigenvalue weighted by atomic mass is 10.2. The highest BCUT2D eigenvalue weighted by Gasteiger charge is 2.22. The van der Waals surface area contributed by atoms with Gasteiger partial charge in [-0.25, -0.2) is 21.6 Å². The maximum Gasteiger partial charge on any atom is 0.241 e. The average molecular weight is 442 g/mol. The fourth-order valence-electron chi connectivity index (χ4n) is 2.36. The largest absolute Gasteiger partial charge is 0.497 e. The second kappa shape index (κ2) is 9.35. The molecule has 11 heteroatoms. The van der Waals surface area contributed by atoms with E-state index in [0.717, 1.165) is 0 Å². The molecule has 0 bridgehead atoms. The minimum Gasteiger partial charge on any atom is -0.497 e. The third-order valence-electron chi connectivity index (χ3n) is 4.06. The van der Waals surface area contributed by atoms with E-state index in [1.165, 1.54) is 57.5 Å². The van der Waals surface area contributed by atoms with Gasteiger partial charge in [-0.15, -0.1) is 0 Å². The highest BCUT2D eigenvalue weighted by molar-refractivity contribution is 7.89. The Balaban J connectivity index is 1.96. The summed E-state index contributed by atoms with van der Waals surface area (Å²) in [4.78, 5) is 12.4. The molecule has 3 N–H and O–H groups in total. The normalized spacial score (nSPS) is 12.9. The van der Waals surface area contributed by atoms with E-state index in [9.17, 15) is 21.6 Å². The van der Waals surface area contributed by atoms with E-state index in [0.29, 0.717) is 11.3 Å². The van der Waals surface area contributed by atoms with E-state index < -0.39 is 32.0 Å². The van der Waals surface area contributed by atoms with Gasteiger partial charge in [0.25, 0.3) is 0 Å². The molecule has 0 saturated carbocycles. The number of sulfonamides is 2. The first kappa shape index (κ1) is 22.8. The van der Waals surface area contributed by atoms with Crippen molar-refractivity contribution in [1.29, 1.82) is 0 Å². The number of carbonyl (C=O) groups excluding carboxylic acids is 1. The molecule has 2 rings (SSSR count). The van der Waals surface area contributed by atoms with E-state index >= 15 is 0 Å². The summed E-state index contributed by atoms with van der Waals surface area (Å²) in [5.74, 6) is -0.00251. The molecule has 0 radical (unpaired) electrons. The lowest BCUT2D eigenvalue weighted by Gasteiger charge is -2.15. The summed E-state index contributed by atoms with van der Waals surface area (Å²) in [6.07, 6.45) is 0. The fraction of sp³-hybridized carbons (Fsp3) is 0.278. The summed E-state index contributed by atoms with van der Waals surface area (Å²) < 4.78 is 57.7. The number of hydrogen-bond donors (Lipinski definition) is 3. The second-order valence-corrected chi connectivity index (χ2v) is 9.69. The Morgan fingerprint density at radius 1 is 0.931 bits per heavy atom. The first-order valence-corrected chi connectivity index (χ1v) is 11.5. The van der Waals surface area contributed by atoms with Gasteiger partial charge in [0, 0.05) is 6.54 Å². The number of nitrogens with one attached hydrogen (secondary N) is 3. The van der Waals surface area contributed by atoms with Gasteiger partial charge in [-0.1, -0.05) is 12.1 Å². The van der Waals surface area contributed by atoms with Crippen molar-refractivity contribution in [3.05, 3.63) is 54.1 Å². The van der Waals surface area contributed by atoms with Crippen LogP contribution in [0, 0.1) is 0 Å². The van der Waals surface area contributed by atoms with Crippen LogP contribution in [0.25, 0.3) is 0 Å². The molecule has 2 aromatic carbocycles. The predicted molar refractivity (Wildman–Crippen MR) is 107 cm³/mol. The number of ether oxygens (including phenoxy) is 1. The van der Waals surface area contributed by atoms with Gasteiger partial charge in [-0.05, 0) is 55.9 Å². The predicted octanol–water partition coefficient (Wildman–Crippen LogP) is 0.587. The van der Waals surface area contributed by atoms with Crippen molar-refractivity contribution >= 4 is 26.0 Å². The highest BCUT2D eigenvalue weighted by Crippen LogP contribution is 2.15. The van der Waals surface area contributed by atoms with Gasteiger partial charge in [-0.2, -0.15) is 4.72 Å². The number of amides is 1. The topological polar surface area (TPSA) is 131 Å². The summed E-state index contributed by atoms with van der Waals surface area (Å²) in [7, 11) is -4.62. The van der Waals surface area contributed by atoms with Gasteiger partial charge >= 0.3 is 0 Å². The van der Waals surface area contributed by atoms with Crippen molar-refractivity contribution in [1.82, 2.24) is 14.8 Å². The molecular weight excluding hydrogens is 418 g/mol. The van der Waals surface area contributed by atoms with E-state index in [-0.39, 0.29) is 16.3 Å². The average Bonchev–Trinajstić information content (AvgIpc) is 2.72. The van der Waals surface area contributed by atoms with Crippen LogP contribution in [0.2, 0.25) is 0 Å². The first-order valence-electron chi connectivity index (χ1n) is 8.55. The van der Waals surface area contributed by atoms with E-state index in [4.69, 9.17) is 4.74 Å². The highest BCUT2D eigenvalue weighted by atomic mass is 32.2. The summed E-state index contributed by atoms with van der Waals surface area (Å²) in [5.41, 5.74) is 0.665. The van der Waals surface area contributed by atoms with E-state index in [1.807, 2.05) is 0 Å². The van der Waals surface area contributed by atoms with E-state index in [2.05, 4.69) is 14.8 Å². The van der Waals surface area contributed by atoms with Crippen LogP contribution in [-0.2, 0) is 31.4 Å². The Bertz CT molecular complexity index is 1050. The van der Waals surface area contributed by atoms with Crippen molar-refractivity contribution < 1.29 is 26.4 Å². The molecule has 0 aliphatic carbocycles. The zero-order valence-corrected chi connectivity index (χ0v) is 17.8. The Morgan fingerprint density at radius 2 is 1.45 bits per heavy atom. The Hall–Kier alpha value is -2.47. The van der Waals surface area contributed by atoms with Crippen molar-refractivity contribution in [3.63, 3.8) is 0 Å². The van der Waals surface area contributed by atoms with Crippen molar-refractivity contribution in [3.8, 4) is 5.75 Å². The third-order valence-corrected chi connectivity index (χ3v) is 7.05. The zero-order chi connectivity index (χ0) is 21.7. The SMILES string of the molecule is CNS(=O)(=O)c1ccc(CNC(=O)[C@H](C)NS(=O)(=O)c2ccc(OC)cc2)cc1. The standard InChI is InChI=1S/C18H23N3O6S2/c1-13(21-29(25,26)17-10-6-15(27-3)7-11-17)18(22)20-12-14-4-8-16(9-5-14)28(23,24)19-2/h4-11,13,19,21H,12H2,1-3H3,(H,20,22)/t13-/m0/s1. The van der Waals surface area contributed by atoms with Gasteiger partial charge in [-0.3, -0.25) is 4.79 Å². The van der Waals surface area contributed by atoms with Crippen LogP contribution in [-0.4, -0.2) is 42.9 Å². The maximum atomic E-state index is 12.4. The summed E-state index contributed by atoms with van der Waals surface area (Å²) >= 11 is 0. The van der Waals surface area contributed by atoms with Gasteiger partial charge in [0.15, 0.2) is 0 Å². The van der Waals surface area contributed by atoms with Crippen LogP contribution in [0.4, 0.5) is 0 Å². The minimum atomic E-state index is -3.88. The third kappa shape index (κ3) is 6.00. The number of rotatable bonds is 9. The lowest BCUT2D eigenvalue weighted by Crippen LogP contribution is -2.44. The van der Waals surface area contributed by atoms with Crippen molar-refractivity contribution in [2.45, 2.75) is 29.3 Å². The quantitative estimate of drug-likeness (QED) is 0.522. The van der Waals surface area contributed by atoms with Crippen molar-refractivity contribution in [2.75, 3.05) is 14.2 Å². The van der Waals surface area contributed by atoms with Gasteiger partial charge in [0.2, 0.25) is 26.0 Å². The summed E-state index contributed by atoms with van der Waals surface area (Å²) in [6.45, 7) is 1.55. The number of methoxy groups -OCH3 is 1. The molecular formula is C18H23N3O6S2. The molecule has 0 aromatic heterocycles. The molecule has 0 spiro atoms. The molecule has 29 heavy (non-hydrogen) atoms.